The van der Waals surface area contributed by atoms with Gasteiger partial charge in [-0.3, -0.25) is 0 Å². The van der Waals surface area contributed by atoms with E-state index >= 15 is 0 Å². The van der Waals surface area contributed by atoms with Crippen LogP contribution in [0.15, 0.2) is 18.3 Å². The van der Waals surface area contributed by atoms with E-state index in [-0.39, 0.29) is 0 Å². The number of aromatic nitrogens is 1. The van der Waals surface area contributed by atoms with E-state index in [0.717, 1.165) is 37.9 Å². The van der Waals surface area contributed by atoms with Crippen LogP contribution in [0.3, 0.4) is 0 Å². The molecule has 1 unspecified atom stereocenters. The molecule has 0 bridgehead atoms. The molecule has 1 atom stereocenters. The Hall–Kier alpha value is -1.09. The number of nitrogens with zero attached hydrogens (tertiary/aromatic N) is 2. The minimum absolute atomic E-state index is 0.770. The fourth-order valence-corrected chi connectivity index (χ4v) is 2.44. The molecule has 1 aromatic rings. The van der Waals surface area contributed by atoms with Crippen molar-refractivity contribution < 1.29 is 0 Å². The summed E-state index contributed by atoms with van der Waals surface area (Å²) in [5.74, 6) is 1.91. The third-order valence-corrected chi connectivity index (χ3v) is 3.42. The van der Waals surface area contributed by atoms with Crippen molar-refractivity contribution in [2.45, 2.75) is 26.7 Å². The molecule has 1 aromatic heterocycles. The number of aryl methyl sites for hydroxylation is 1. The number of pyridine rings is 1. The molecule has 0 aromatic carbocycles. The lowest BCUT2D eigenvalue weighted by atomic mass is 9.98. The first kappa shape index (κ1) is 12.4. The molecule has 0 aliphatic carbocycles. The smallest absolute Gasteiger partial charge is 0.128 e. The molecule has 1 saturated heterocycles. The van der Waals surface area contributed by atoms with Crippen molar-refractivity contribution >= 4 is 5.82 Å². The van der Waals surface area contributed by atoms with Crippen LogP contribution in [-0.4, -0.2) is 31.2 Å². The van der Waals surface area contributed by atoms with Gasteiger partial charge in [0, 0.05) is 19.3 Å². The Labute approximate surface area is 104 Å². The molecule has 94 valence electrons. The van der Waals surface area contributed by atoms with Crippen LogP contribution in [0.1, 0.15) is 25.3 Å². The van der Waals surface area contributed by atoms with Crippen LogP contribution in [0.2, 0.25) is 0 Å². The summed E-state index contributed by atoms with van der Waals surface area (Å²) < 4.78 is 0. The van der Waals surface area contributed by atoms with Crippen molar-refractivity contribution in [2.24, 2.45) is 5.92 Å². The van der Waals surface area contributed by atoms with Crippen molar-refractivity contribution in [3.63, 3.8) is 0 Å². The van der Waals surface area contributed by atoms with E-state index in [0.29, 0.717) is 0 Å². The normalized spacial score (nSPS) is 20.6. The van der Waals surface area contributed by atoms with Crippen LogP contribution in [0.5, 0.6) is 0 Å². The third-order valence-electron chi connectivity index (χ3n) is 3.42. The number of piperidine rings is 1. The van der Waals surface area contributed by atoms with E-state index < -0.39 is 0 Å². The molecule has 0 saturated carbocycles. The summed E-state index contributed by atoms with van der Waals surface area (Å²) >= 11 is 0. The van der Waals surface area contributed by atoms with Gasteiger partial charge in [0.05, 0.1) is 0 Å². The molecule has 0 spiro atoms. The molecule has 0 radical (unpaired) electrons. The first-order chi connectivity index (χ1) is 8.29. The number of hydrogen-bond acceptors (Lipinski definition) is 3. The van der Waals surface area contributed by atoms with Gasteiger partial charge in [-0.15, -0.1) is 0 Å². The second-order valence-corrected chi connectivity index (χ2v) is 4.96. The molecule has 1 fully saturated rings. The highest BCUT2D eigenvalue weighted by molar-refractivity contribution is 5.39. The fourth-order valence-electron chi connectivity index (χ4n) is 2.44. The van der Waals surface area contributed by atoms with Crippen LogP contribution < -0.4 is 10.2 Å². The maximum atomic E-state index is 4.52. The maximum Gasteiger partial charge on any atom is 0.128 e. The number of hydrogen-bond donors (Lipinski definition) is 1. The first-order valence-corrected chi connectivity index (χ1v) is 6.68. The topological polar surface area (TPSA) is 28.2 Å². The van der Waals surface area contributed by atoms with Crippen LogP contribution in [0.4, 0.5) is 5.82 Å². The van der Waals surface area contributed by atoms with E-state index in [2.05, 4.69) is 41.2 Å². The highest BCUT2D eigenvalue weighted by atomic mass is 15.2. The molecule has 1 aliphatic heterocycles. The van der Waals surface area contributed by atoms with Crippen molar-refractivity contribution in [3.05, 3.63) is 23.9 Å². The van der Waals surface area contributed by atoms with Gasteiger partial charge in [0.2, 0.25) is 0 Å². The van der Waals surface area contributed by atoms with Gasteiger partial charge < -0.3 is 10.2 Å². The highest BCUT2D eigenvalue weighted by Gasteiger charge is 2.20. The second kappa shape index (κ2) is 6.01. The predicted octanol–water partition coefficient (Wildman–Crippen LogP) is 2.22. The van der Waals surface area contributed by atoms with Crippen LogP contribution in [-0.2, 0) is 0 Å². The zero-order valence-corrected chi connectivity index (χ0v) is 10.9. The lowest BCUT2D eigenvalue weighted by Gasteiger charge is -2.33. The van der Waals surface area contributed by atoms with E-state index in [1.165, 1.54) is 18.4 Å². The summed E-state index contributed by atoms with van der Waals surface area (Å²) in [5, 5.41) is 3.45. The number of rotatable bonds is 4. The molecule has 3 nitrogen and oxygen atoms in total. The summed E-state index contributed by atoms with van der Waals surface area (Å²) in [6.07, 6.45) is 4.59. The van der Waals surface area contributed by atoms with Crippen LogP contribution >= 0.6 is 0 Å². The monoisotopic (exact) mass is 233 g/mol. The molecular weight excluding hydrogens is 210 g/mol. The summed E-state index contributed by atoms with van der Waals surface area (Å²) in [4.78, 5) is 6.94. The molecule has 1 N–H and O–H groups in total. The van der Waals surface area contributed by atoms with Gasteiger partial charge in [0.25, 0.3) is 0 Å². The van der Waals surface area contributed by atoms with E-state index in [1.807, 2.05) is 6.20 Å². The van der Waals surface area contributed by atoms with Gasteiger partial charge in [0.15, 0.2) is 0 Å². The Kier molecular flexibility index (Phi) is 4.37. The Bertz CT molecular complexity index is 334. The number of nitrogens with one attached hydrogen (secondary N) is 1. The Balaban J connectivity index is 1.94. The van der Waals surface area contributed by atoms with Gasteiger partial charge in [0.1, 0.15) is 5.82 Å². The van der Waals surface area contributed by atoms with Crippen molar-refractivity contribution in [1.29, 1.82) is 0 Å². The van der Waals surface area contributed by atoms with Gasteiger partial charge >= 0.3 is 0 Å². The Morgan fingerprint density at radius 1 is 1.47 bits per heavy atom. The van der Waals surface area contributed by atoms with Crippen molar-refractivity contribution in [2.75, 3.05) is 31.1 Å². The Morgan fingerprint density at radius 3 is 3.06 bits per heavy atom. The molecule has 1 aliphatic rings. The van der Waals surface area contributed by atoms with Crippen LogP contribution in [0.25, 0.3) is 0 Å². The lowest BCUT2D eigenvalue weighted by molar-refractivity contribution is 0.394. The van der Waals surface area contributed by atoms with E-state index in [1.54, 1.807) is 0 Å². The van der Waals surface area contributed by atoms with Gasteiger partial charge in [-0.1, -0.05) is 13.0 Å². The average molecular weight is 233 g/mol. The summed E-state index contributed by atoms with van der Waals surface area (Å²) in [6.45, 7) is 8.75. The molecule has 17 heavy (non-hydrogen) atoms. The minimum Gasteiger partial charge on any atom is -0.356 e. The second-order valence-electron chi connectivity index (χ2n) is 4.96. The molecule has 2 heterocycles. The maximum absolute atomic E-state index is 4.52. The predicted molar refractivity (Wildman–Crippen MR) is 72.5 cm³/mol. The van der Waals surface area contributed by atoms with Gasteiger partial charge in [-0.05, 0) is 50.4 Å². The fraction of sp³-hybridized carbons (Fsp3) is 0.643. The van der Waals surface area contributed by atoms with Gasteiger partial charge in [-0.25, -0.2) is 4.98 Å². The van der Waals surface area contributed by atoms with E-state index in [9.17, 15) is 0 Å². The molecule has 0 amide bonds. The van der Waals surface area contributed by atoms with Crippen LogP contribution in [0, 0.1) is 12.8 Å². The summed E-state index contributed by atoms with van der Waals surface area (Å²) in [7, 11) is 0. The zero-order chi connectivity index (χ0) is 12.1. The largest absolute Gasteiger partial charge is 0.356 e. The summed E-state index contributed by atoms with van der Waals surface area (Å²) in [6, 6.07) is 4.29. The molecular formula is C14H23N3. The van der Waals surface area contributed by atoms with Gasteiger partial charge in [-0.2, -0.15) is 0 Å². The Morgan fingerprint density at radius 2 is 2.35 bits per heavy atom. The minimum atomic E-state index is 0.770. The average Bonchev–Trinajstić information content (AvgIpc) is 2.37. The van der Waals surface area contributed by atoms with Crippen molar-refractivity contribution in [3.8, 4) is 0 Å². The highest BCUT2D eigenvalue weighted by Crippen LogP contribution is 2.21. The van der Waals surface area contributed by atoms with E-state index in [4.69, 9.17) is 0 Å². The quantitative estimate of drug-likeness (QED) is 0.864. The molecule has 3 heteroatoms. The van der Waals surface area contributed by atoms with Crippen molar-refractivity contribution in [1.82, 2.24) is 10.3 Å². The summed E-state index contributed by atoms with van der Waals surface area (Å²) in [5.41, 5.74) is 1.23. The zero-order valence-electron chi connectivity index (χ0n) is 10.9. The number of anilines is 1. The SMILES string of the molecule is CCNCC1CCCN(c2ccc(C)cn2)C1. The molecule has 2 rings (SSSR count). The first-order valence-electron chi connectivity index (χ1n) is 6.68. The third kappa shape index (κ3) is 3.43. The lowest BCUT2D eigenvalue weighted by Crippen LogP contribution is -2.40. The standard InChI is InChI=1S/C14H23N3/c1-3-15-10-13-5-4-8-17(11-13)14-7-6-12(2)9-16-14/h6-7,9,13,15H,3-5,8,10-11H2,1-2H3.